The fraction of sp³-hybridized carbons (Fsp3) is 0.500. The third-order valence-electron chi connectivity index (χ3n) is 3.50. The number of aromatic nitrogens is 2. The molecule has 0 radical (unpaired) electrons. The molecule has 1 aliphatic rings. The number of rotatable bonds is 3. The Kier molecular flexibility index (Phi) is 4.38. The summed E-state index contributed by atoms with van der Waals surface area (Å²) in [5.74, 6) is -0.223. The lowest BCUT2D eigenvalue weighted by Gasteiger charge is -2.13. The van der Waals surface area contributed by atoms with E-state index in [0.717, 1.165) is 0 Å². The zero-order valence-electron chi connectivity index (χ0n) is 10.1. The normalized spacial score (nSPS) is 27.2. The van der Waals surface area contributed by atoms with E-state index in [1.807, 2.05) is 0 Å². The average molecular weight is 331 g/mol. The molecule has 1 aliphatic carbocycles. The Balaban J connectivity index is 2.38. The van der Waals surface area contributed by atoms with Gasteiger partial charge in [0, 0.05) is 24.8 Å². The molecule has 19 heavy (non-hydrogen) atoms. The first-order chi connectivity index (χ1) is 9.06. The molecule has 2 unspecified atom stereocenters. The lowest BCUT2D eigenvalue weighted by Crippen LogP contribution is -2.32. The molecule has 0 amide bonds. The monoisotopic (exact) mass is 330 g/mol. The fourth-order valence-electron chi connectivity index (χ4n) is 2.46. The van der Waals surface area contributed by atoms with Crippen molar-refractivity contribution in [2.24, 2.45) is 5.92 Å². The Labute approximate surface area is 117 Å². The van der Waals surface area contributed by atoms with Crippen LogP contribution in [0.2, 0.25) is 0 Å². The Morgan fingerprint density at radius 2 is 2.21 bits per heavy atom. The zero-order valence-corrected chi connectivity index (χ0v) is 11.7. The van der Waals surface area contributed by atoms with Crippen LogP contribution in [0.3, 0.4) is 0 Å². The van der Waals surface area contributed by atoms with E-state index in [9.17, 15) is 14.7 Å². The highest BCUT2D eigenvalue weighted by atomic mass is 79.9. The Bertz CT molecular complexity index is 592. The first-order valence-electron chi connectivity index (χ1n) is 5.98. The molecule has 104 valence electrons. The van der Waals surface area contributed by atoms with E-state index in [-0.39, 0.29) is 18.6 Å². The minimum absolute atomic E-state index is 0.107. The van der Waals surface area contributed by atoms with Crippen molar-refractivity contribution in [2.75, 3.05) is 6.61 Å². The van der Waals surface area contributed by atoms with Gasteiger partial charge < -0.3 is 10.2 Å². The highest BCUT2D eigenvalue weighted by Crippen LogP contribution is 2.33. The molecule has 1 heterocycles. The highest BCUT2D eigenvalue weighted by molar-refractivity contribution is 9.11. The summed E-state index contributed by atoms with van der Waals surface area (Å²) >= 11 is 3.08. The molecule has 0 spiro atoms. The average Bonchev–Trinajstić information content (AvgIpc) is 2.74. The highest BCUT2D eigenvalue weighted by Gasteiger charge is 2.34. The Morgan fingerprint density at radius 1 is 1.47 bits per heavy atom. The first-order valence-corrected chi connectivity index (χ1v) is 6.89. The second kappa shape index (κ2) is 5.85. The number of aliphatic hydroxyl groups excluding tert-OH is 2. The third kappa shape index (κ3) is 2.88. The molecule has 1 fully saturated rings. The number of halogens is 1. The van der Waals surface area contributed by atoms with Gasteiger partial charge in [0.25, 0.3) is 5.56 Å². The second-order valence-electron chi connectivity index (χ2n) is 4.68. The molecule has 1 saturated carbocycles. The number of nitrogens with zero attached hydrogens (tertiary/aromatic N) is 1. The van der Waals surface area contributed by atoms with Crippen LogP contribution in [0.25, 0.3) is 6.08 Å². The summed E-state index contributed by atoms with van der Waals surface area (Å²) in [7, 11) is 0. The van der Waals surface area contributed by atoms with Crippen LogP contribution in [-0.2, 0) is 0 Å². The van der Waals surface area contributed by atoms with Crippen molar-refractivity contribution in [3.05, 3.63) is 37.6 Å². The summed E-state index contributed by atoms with van der Waals surface area (Å²) in [4.78, 5) is 27.2. The van der Waals surface area contributed by atoms with Gasteiger partial charge in [0.1, 0.15) is 0 Å². The van der Waals surface area contributed by atoms with Crippen LogP contribution in [-0.4, -0.2) is 32.5 Å². The molecular formula is C12H15BrN2O4. The maximum Gasteiger partial charge on any atom is 0.328 e. The van der Waals surface area contributed by atoms with Crippen molar-refractivity contribution < 1.29 is 10.2 Å². The molecule has 3 atom stereocenters. The van der Waals surface area contributed by atoms with E-state index in [2.05, 4.69) is 20.9 Å². The van der Waals surface area contributed by atoms with Crippen molar-refractivity contribution in [1.82, 2.24) is 9.55 Å². The van der Waals surface area contributed by atoms with Gasteiger partial charge in [-0.1, -0.05) is 15.9 Å². The SMILES string of the molecule is O=c1[nH]c(=O)n(C2CC(CO)[C@@H](O)C2)cc1/C=C/Br. The first kappa shape index (κ1) is 14.2. The summed E-state index contributed by atoms with van der Waals surface area (Å²) in [6.45, 7) is -0.107. The van der Waals surface area contributed by atoms with Gasteiger partial charge in [-0.25, -0.2) is 4.79 Å². The van der Waals surface area contributed by atoms with Crippen LogP contribution >= 0.6 is 15.9 Å². The zero-order chi connectivity index (χ0) is 14.0. The van der Waals surface area contributed by atoms with Crippen LogP contribution in [0.5, 0.6) is 0 Å². The quantitative estimate of drug-likeness (QED) is 0.738. The van der Waals surface area contributed by atoms with Crippen LogP contribution in [0.4, 0.5) is 0 Å². The van der Waals surface area contributed by atoms with Gasteiger partial charge in [-0.3, -0.25) is 14.3 Å². The largest absolute Gasteiger partial charge is 0.396 e. The van der Waals surface area contributed by atoms with Crippen LogP contribution in [0.1, 0.15) is 24.4 Å². The third-order valence-corrected chi connectivity index (χ3v) is 3.76. The maximum absolute atomic E-state index is 11.8. The smallest absolute Gasteiger partial charge is 0.328 e. The molecule has 3 N–H and O–H groups in total. The van der Waals surface area contributed by atoms with Crippen molar-refractivity contribution in [2.45, 2.75) is 25.0 Å². The topological polar surface area (TPSA) is 95.3 Å². The molecule has 7 heteroatoms. The lowest BCUT2D eigenvalue weighted by molar-refractivity contribution is 0.0906. The van der Waals surface area contributed by atoms with Gasteiger partial charge in [-0.2, -0.15) is 0 Å². The van der Waals surface area contributed by atoms with Gasteiger partial charge >= 0.3 is 5.69 Å². The predicted molar refractivity (Wildman–Crippen MR) is 74.1 cm³/mol. The summed E-state index contributed by atoms with van der Waals surface area (Å²) in [5, 5.41) is 18.9. The van der Waals surface area contributed by atoms with E-state index in [1.165, 1.54) is 15.7 Å². The number of hydrogen-bond donors (Lipinski definition) is 3. The van der Waals surface area contributed by atoms with Gasteiger partial charge in [-0.05, 0) is 23.9 Å². The van der Waals surface area contributed by atoms with Crippen molar-refractivity contribution in [3.8, 4) is 0 Å². The molecule has 0 aromatic carbocycles. The van der Waals surface area contributed by atoms with E-state index in [0.29, 0.717) is 18.4 Å². The standard InChI is InChI=1S/C12H15BrN2O4/c13-2-1-7-5-15(12(19)14-11(7)18)9-3-8(6-16)10(17)4-9/h1-2,5,8-10,16-17H,3-4,6H2,(H,14,18,19)/b2-1+/t8?,9?,10-/m0/s1. The van der Waals surface area contributed by atoms with Gasteiger partial charge in [0.05, 0.1) is 11.7 Å². The summed E-state index contributed by atoms with van der Waals surface area (Å²) < 4.78 is 1.42. The number of H-pyrrole nitrogens is 1. The predicted octanol–water partition coefficient (Wildman–Crippen LogP) is 0.207. The van der Waals surface area contributed by atoms with Crippen LogP contribution in [0, 0.1) is 5.92 Å². The van der Waals surface area contributed by atoms with Crippen molar-refractivity contribution in [3.63, 3.8) is 0 Å². The number of aliphatic hydroxyl groups is 2. The number of aromatic amines is 1. The molecular weight excluding hydrogens is 316 g/mol. The Morgan fingerprint density at radius 3 is 2.79 bits per heavy atom. The minimum atomic E-state index is -0.621. The van der Waals surface area contributed by atoms with Gasteiger partial charge in [0.2, 0.25) is 0 Å². The van der Waals surface area contributed by atoms with Crippen molar-refractivity contribution >= 4 is 22.0 Å². The molecule has 0 aliphatic heterocycles. The summed E-state index contributed by atoms with van der Waals surface area (Å²) in [6, 6.07) is -0.209. The molecule has 0 bridgehead atoms. The molecule has 6 nitrogen and oxygen atoms in total. The van der Waals surface area contributed by atoms with Crippen LogP contribution < -0.4 is 11.2 Å². The lowest BCUT2D eigenvalue weighted by atomic mass is 10.1. The fourth-order valence-corrected chi connectivity index (χ4v) is 2.74. The van der Waals surface area contributed by atoms with E-state index in [1.54, 1.807) is 6.08 Å². The minimum Gasteiger partial charge on any atom is -0.396 e. The summed E-state index contributed by atoms with van der Waals surface area (Å²) in [6.07, 6.45) is 3.32. The number of nitrogens with one attached hydrogen (secondary N) is 1. The Hall–Kier alpha value is -1.18. The molecule has 2 rings (SSSR count). The maximum atomic E-state index is 11.8. The number of hydrogen-bond acceptors (Lipinski definition) is 4. The summed E-state index contributed by atoms with van der Waals surface area (Å²) in [5.41, 5.74) is -0.583. The molecule has 1 aromatic rings. The molecule has 1 aromatic heterocycles. The van der Waals surface area contributed by atoms with Crippen molar-refractivity contribution in [1.29, 1.82) is 0 Å². The van der Waals surface area contributed by atoms with Crippen LogP contribution in [0.15, 0.2) is 20.8 Å². The van der Waals surface area contributed by atoms with Gasteiger partial charge in [-0.15, -0.1) is 0 Å². The van der Waals surface area contributed by atoms with Gasteiger partial charge in [0.15, 0.2) is 0 Å². The van der Waals surface area contributed by atoms with E-state index < -0.39 is 17.4 Å². The second-order valence-corrected chi connectivity index (χ2v) is 5.21. The van der Waals surface area contributed by atoms with E-state index in [4.69, 9.17) is 5.11 Å². The molecule has 0 saturated heterocycles. The van der Waals surface area contributed by atoms with E-state index >= 15 is 0 Å².